The molecule has 27 heavy (non-hydrogen) atoms. The molecule has 0 spiro atoms. The van der Waals surface area contributed by atoms with Crippen LogP contribution in [0, 0.1) is 0 Å². The van der Waals surface area contributed by atoms with E-state index in [2.05, 4.69) is 10.6 Å². The van der Waals surface area contributed by atoms with Gasteiger partial charge in [0.1, 0.15) is 0 Å². The first-order chi connectivity index (χ1) is 13.1. The summed E-state index contributed by atoms with van der Waals surface area (Å²) in [6, 6.07) is 9.62. The Bertz CT molecular complexity index is 847. The topological polar surface area (TPSA) is 67.4 Å². The summed E-state index contributed by atoms with van der Waals surface area (Å²) < 4.78 is 5.03. The molecule has 2 aromatic rings. The van der Waals surface area contributed by atoms with Crippen molar-refractivity contribution >= 4 is 28.9 Å². The van der Waals surface area contributed by atoms with E-state index in [9.17, 15) is 9.59 Å². The average molecular weight is 385 g/mol. The number of rotatable bonds is 4. The minimum atomic E-state index is -0.554. The van der Waals surface area contributed by atoms with Gasteiger partial charge >= 0.3 is 5.97 Å². The molecule has 1 saturated carbocycles. The van der Waals surface area contributed by atoms with Crippen LogP contribution in [0.4, 0.5) is 5.69 Å². The van der Waals surface area contributed by atoms with E-state index in [1.54, 1.807) is 11.3 Å². The summed E-state index contributed by atoms with van der Waals surface area (Å²) in [5.41, 5.74) is 2.32. The monoisotopic (exact) mass is 384 g/mol. The Hall–Kier alpha value is -2.18. The van der Waals surface area contributed by atoms with Crippen molar-refractivity contribution in [2.24, 2.45) is 0 Å². The third-order valence-electron chi connectivity index (χ3n) is 5.65. The van der Waals surface area contributed by atoms with Crippen LogP contribution in [0.5, 0.6) is 0 Å². The van der Waals surface area contributed by atoms with Gasteiger partial charge in [-0.15, -0.1) is 11.3 Å². The molecule has 2 heterocycles. The van der Waals surface area contributed by atoms with Crippen LogP contribution >= 0.6 is 11.3 Å². The number of nitrogens with one attached hydrogen (secondary N) is 2. The van der Waals surface area contributed by atoms with Gasteiger partial charge in [0.05, 0.1) is 17.4 Å². The number of carbonyl (C=O) groups excluding carboxylic acids is 2. The lowest BCUT2D eigenvalue weighted by atomic mass is 9.64. The predicted molar refractivity (Wildman–Crippen MR) is 106 cm³/mol. The normalized spacial score (nSPS) is 18.0. The second-order valence-electron chi connectivity index (χ2n) is 7.30. The van der Waals surface area contributed by atoms with Crippen LogP contribution in [0.3, 0.4) is 0 Å². The lowest BCUT2D eigenvalue weighted by Crippen LogP contribution is -2.43. The molecular weight excluding hydrogens is 360 g/mol. The van der Waals surface area contributed by atoms with E-state index in [1.807, 2.05) is 30.3 Å². The number of anilines is 1. The molecule has 5 nitrogen and oxygen atoms in total. The van der Waals surface area contributed by atoms with E-state index in [1.165, 1.54) is 17.6 Å². The number of ether oxygens (including phenoxy) is 1. The molecule has 0 saturated heterocycles. The first-order valence-electron chi connectivity index (χ1n) is 9.45. The van der Waals surface area contributed by atoms with Crippen molar-refractivity contribution in [1.82, 2.24) is 5.32 Å². The van der Waals surface area contributed by atoms with Crippen LogP contribution in [0.15, 0.2) is 30.3 Å². The summed E-state index contributed by atoms with van der Waals surface area (Å²) >= 11 is 1.58. The molecule has 1 aromatic heterocycles. The average Bonchev–Trinajstić information content (AvgIpc) is 2.92. The number of aryl methyl sites for hydroxylation is 1. The fourth-order valence-corrected chi connectivity index (χ4v) is 5.08. The summed E-state index contributed by atoms with van der Waals surface area (Å²) in [7, 11) is 1.43. The minimum absolute atomic E-state index is 0.0917. The van der Waals surface area contributed by atoms with E-state index in [0.29, 0.717) is 0 Å². The Kier molecular flexibility index (Phi) is 5.02. The van der Waals surface area contributed by atoms with Crippen molar-refractivity contribution in [3.63, 3.8) is 0 Å². The Balaban J connectivity index is 1.53. The maximum absolute atomic E-state index is 12.7. The van der Waals surface area contributed by atoms with Crippen LogP contribution in [-0.2, 0) is 27.9 Å². The van der Waals surface area contributed by atoms with Gasteiger partial charge < -0.3 is 15.4 Å². The lowest BCUT2D eigenvalue weighted by Gasteiger charge is -2.39. The highest BCUT2D eigenvalue weighted by Gasteiger charge is 2.46. The van der Waals surface area contributed by atoms with E-state index in [4.69, 9.17) is 4.74 Å². The van der Waals surface area contributed by atoms with Gasteiger partial charge in [-0.05, 0) is 61.6 Å². The van der Waals surface area contributed by atoms with Gasteiger partial charge in [0.2, 0.25) is 0 Å². The Morgan fingerprint density at radius 2 is 2.07 bits per heavy atom. The minimum Gasteiger partial charge on any atom is -0.468 e. The molecule has 1 aromatic carbocycles. The van der Waals surface area contributed by atoms with Gasteiger partial charge in [-0.3, -0.25) is 9.59 Å². The summed E-state index contributed by atoms with van der Waals surface area (Å²) in [5, 5.41) is 6.39. The summed E-state index contributed by atoms with van der Waals surface area (Å²) in [6.07, 6.45) is 4.73. The highest BCUT2D eigenvalue weighted by Crippen LogP contribution is 2.45. The molecule has 0 bridgehead atoms. The molecule has 2 N–H and O–H groups in total. The third-order valence-corrected chi connectivity index (χ3v) is 6.89. The standard InChI is InChI=1S/C21H24N2O3S/c1-26-20(25)21(8-4-9-21)15-5-2-6-16(12-15)23-19(24)18-11-14-13-22-10-3-7-17(14)27-18/h2,5-6,11-12,22H,3-4,7-10,13H2,1H3,(H,23,24). The molecule has 1 aliphatic carbocycles. The molecule has 0 unspecified atom stereocenters. The summed E-state index contributed by atoms with van der Waals surface area (Å²) in [4.78, 5) is 27.1. The number of amides is 1. The van der Waals surface area contributed by atoms with Crippen LogP contribution in [0.2, 0.25) is 0 Å². The Morgan fingerprint density at radius 3 is 2.81 bits per heavy atom. The van der Waals surface area contributed by atoms with Crippen LogP contribution in [0.1, 0.15) is 51.4 Å². The third kappa shape index (κ3) is 3.39. The fourth-order valence-electron chi connectivity index (χ4n) is 3.96. The predicted octanol–water partition coefficient (Wildman–Crippen LogP) is 3.63. The van der Waals surface area contributed by atoms with Crippen molar-refractivity contribution in [3.8, 4) is 0 Å². The molecule has 1 aliphatic heterocycles. The van der Waals surface area contributed by atoms with Crippen molar-refractivity contribution < 1.29 is 14.3 Å². The second-order valence-corrected chi connectivity index (χ2v) is 8.44. The largest absolute Gasteiger partial charge is 0.468 e. The first-order valence-corrected chi connectivity index (χ1v) is 10.3. The highest BCUT2D eigenvalue weighted by atomic mass is 32.1. The summed E-state index contributed by atoms with van der Waals surface area (Å²) in [5.74, 6) is -0.280. The fraction of sp³-hybridized carbons (Fsp3) is 0.429. The van der Waals surface area contributed by atoms with E-state index >= 15 is 0 Å². The molecule has 1 fully saturated rings. The number of methoxy groups -OCH3 is 1. The number of fused-ring (bicyclic) bond motifs is 1. The molecule has 2 aliphatic rings. The zero-order chi connectivity index (χ0) is 18.9. The number of thiophene rings is 1. The van der Waals surface area contributed by atoms with Crippen LogP contribution in [0.25, 0.3) is 0 Å². The number of carbonyl (C=O) groups is 2. The van der Waals surface area contributed by atoms with Gasteiger partial charge in [-0.1, -0.05) is 18.6 Å². The molecular formula is C21H24N2O3S. The number of esters is 1. The smallest absolute Gasteiger partial charge is 0.316 e. The SMILES string of the molecule is COC(=O)C1(c2cccc(NC(=O)c3cc4c(s3)CCCNC4)c2)CCC1. The van der Waals surface area contributed by atoms with Crippen molar-refractivity contribution in [2.75, 3.05) is 19.0 Å². The number of benzene rings is 1. The van der Waals surface area contributed by atoms with Crippen molar-refractivity contribution in [3.05, 3.63) is 51.2 Å². The number of hydrogen-bond donors (Lipinski definition) is 2. The second kappa shape index (κ2) is 7.44. The zero-order valence-corrected chi connectivity index (χ0v) is 16.3. The lowest BCUT2D eigenvalue weighted by molar-refractivity contribution is -0.151. The van der Waals surface area contributed by atoms with Gasteiger partial charge in [0, 0.05) is 17.1 Å². The first kappa shape index (κ1) is 18.2. The number of hydrogen-bond acceptors (Lipinski definition) is 5. The Labute approximate surface area is 163 Å². The Morgan fingerprint density at radius 1 is 1.22 bits per heavy atom. The van der Waals surface area contributed by atoms with E-state index < -0.39 is 5.41 Å². The quantitative estimate of drug-likeness (QED) is 0.790. The van der Waals surface area contributed by atoms with Crippen molar-refractivity contribution in [2.45, 2.75) is 44.1 Å². The van der Waals surface area contributed by atoms with E-state index in [0.717, 1.165) is 61.3 Å². The van der Waals surface area contributed by atoms with Crippen molar-refractivity contribution in [1.29, 1.82) is 0 Å². The van der Waals surface area contributed by atoms with Crippen LogP contribution in [-0.4, -0.2) is 25.5 Å². The molecule has 4 rings (SSSR count). The van der Waals surface area contributed by atoms with Gasteiger partial charge in [0.15, 0.2) is 0 Å². The highest BCUT2D eigenvalue weighted by molar-refractivity contribution is 7.14. The molecule has 0 radical (unpaired) electrons. The maximum atomic E-state index is 12.7. The molecule has 0 atom stereocenters. The summed E-state index contributed by atoms with van der Waals surface area (Å²) in [6.45, 7) is 1.86. The zero-order valence-electron chi connectivity index (χ0n) is 15.5. The van der Waals surface area contributed by atoms with Gasteiger partial charge in [-0.25, -0.2) is 0 Å². The molecule has 1 amide bonds. The van der Waals surface area contributed by atoms with Crippen LogP contribution < -0.4 is 10.6 Å². The van der Waals surface area contributed by atoms with Gasteiger partial charge in [-0.2, -0.15) is 0 Å². The van der Waals surface area contributed by atoms with E-state index in [-0.39, 0.29) is 11.9 Å². The molecule has 142 valence electrons. The van der Waals surface area contributed by atoms with Gasteiger partial charge in [0.25, 0.3) is 5.91 Å². The maximum Gasteiger partial charge on any atom is 0.316 e. The molecule has 6 heteroatoms.